The van der Waals surface area contributed by atoms with Gasteiger partial charge in [0, 0.05) is 25.8 Å². The van der Waals surface area contributed by atoms with E-state index in [1.54, 1.807) is 4.68 Å². The molecule has 1 aromatic rings. The van der Waals surface area contributed by atoms with Crippen molar-refractivity contribution in [2.24, 2.45) is 13.0 Å². The Morgan fingerprint density at radius 2 is 2.50 bits per heavy atom. The van der Waals surface area contributed by atoms with Crippen molar-refractivity contribution < 1.29 is 9.53 Å². The molecule has 0 aliphatic carbocycles. The van der Waals surface area contributed by atoms with Gasteiger partial charge in [0.1, 0.15) is 5.78 Å². The first kappa shape index (κ1) is 11.3. The molecule has 0 radical (unpaired) electrons. The summed E-state index contributed by atoms with van der Waals surface area (Å²) in [5.74, 6) is 0.343. The van der Waals surface area contributed by atoms with Crippen LogP contribution in [0, 0.1) is 5.92 Å². The summed E-state index contributed by atoms with van der Waals surface area (Å²) in [6.07, 6.45) is 4.20. The molecule has 0 aromatic carbocycles. The van der Waals surface area contributed by atoms with Crippen LogP contribution >= 0.6 is 0 Å². The smallest absolute Gasteiger partial charge is 0.144 e. The average Bonchev–Trinajstić information content (AvgIpc) is 2.86. The number of hydrogen-bond donors (Lipinski definition) is 0. The van der Waals surface area contributed by atoms with E-state index in [-0.39, 0.29) is 17.8 Å². The molecule has 0 N–H and O–H groups in total. The van der Waals surface area contributed by atoms with Gasteiger partial charge in [-0.05, 0) is 18.9 Å². The van der Waals surface area contributed by atoms with Crippen molar-refractivity contribution in [3.05, 3.63) is 18.0 Å². The molecule has 4 heteroatoms. The van der Waals surface area contributed by atoms with Crippen LogP contribution in [0.2, 0.25) is 0 Å². The van der Waals surface area contributed by atoms with Gasteiger partial charge in [-0.1, -0.05) is 6.92 Å². The number of aryl methyl sites for hydroxylation is 1. The van der Waals surface area contributed by atoms with Crippen LogP contribution in [-0.4, -0.2) is 28.3 Å². The number of aromatic nitrogens is 2. The van der Waals surface area contributed by atoms with Crippen molar-refractivity contribution >= 4 is 5.78 Å². The van der Waals surface area contributed by atoms with Gasteiger partial charge in [-0.3, -0.25) is 9.48 Å². The molecule has 1 aromatic heterocycles. The fourth-order valence-corrected chi connectivity index (χ4v) is 2.29. The molecule has 0 spiro atoms. The predicted molar refractivity (Wildman–Crippen MR) is 60.1 cm³/mol. The number of ether oxygens (including phenoxy) is 1. The summed E-state index contributed by atoms with van der Waals surface area (Å²) in [6, 6.07) is 1.90. The third-order valence-electron chi connectivity index (χ3n) is 3.15. The molecule has 2 rings (SSSR count). The molecular weight excluding hydrogens is 204 g/mol. The van der Waals surface area contributed by atoms with Gasteiger partial charge >= 0.3 is 0 Å². The Morgan fingerprint density at radius 1 is 1.69 bits per heavy atom. The quantitative estimate of drug-likeness (QED) is 0.772. The number of ketones is 1. The third kappa shape index (κ3) is 2.32. The van der Waals surface area contributed by atoms with Crippen LogP contribution < -0.4 is 0 Å². The van der Waals surface area contributed by atoms with E-state index in [4.69, 9.17) is 4.74 Å². The molecule has 1 saturated heterocycles. The number of Topliss-reactive ketones (excluding diaryl/α,β-unsaturated/α-hetero) is 1. The highest BCUT2D eigenvalue weighted by atomic mass is 16.5. The first-order valence-corrected chi connectivity index (χ1v) is 5.83. The van der Waals surface area contributed by atoms with Crippen molar-refractivity contribution in [2.45, 2.75) is 32.3 Å². The van der Waals surface area contributed by atoms with Crippen LogP contribution in [0.4, 0.5) is 0 Å². The maximum absolute atomic E-state index is 12.1. The molecule has 4 nitrogen and oxygen atoms in total. The zero-order valence-corrected chi connectivity index (χ0v) is 9.85. The second kappa shape index (κ2) is 4.78. The van der Waals surface area contributed by atoms with Gasteiger partial charge in [0.15, 0.2) is 0 Å². The average molecular weight is 222 g/mol. The van der Waals surface area contributed by atoms with Gasteiger partial charge in [-0.15, -0.1) is 0 Å². The van der Waals surface area contributed by atoms with Crippen molar-refractivity contribution in [1.82, 2.24) is 9.78 Å². The van der Waals surface area contributed by atoms with E-state index < -0.39 is 0 Å². The van der Waals surface area contributed by atoms with Gasteiger partial charge in [0.2, 0.25) is 0 Å². The zero-order chi connectivity index (χ0) is 11.5. The largest absolute Gasteiger partial charge is 0.377 e. The monoisotopic (exact) mass is 222 g/mol. The minimum absolute atomic E-state index is 0.0759. The van der Waals surface area contributed by atoms with Gasteiger partial charge < -0.3 is 4.74 Å². The highest BCUT2D eigenvalue weighted by Crippen LogP contribution is 2.25. The summed E-state index contributed by atoms with van der Waals surface area (Å²) >= 11 is 0. The summed E-state index contributed by atoms with van der Waals surface area (Å²) in [5.41, 5.74) is 0.856. The lowest BCUT2D eigenvalue weighted by atomic mass is 9.92. The molecule has 0 amide bonds. The maximum atomic E-state index is 12.1. The topological polar surface area (TPSA) is 44.1 Å². The minimum atomic E-state index is 0.0759. The Hall–Kier alpha value is -1.16. The lowest BCUT2D eigenvalue weighted by Crippen LogP contribution is -2.25. The molecular formula is C12H18N2O2. The van der Waals surface area contributed by atoms with E-state index in [1.807, 2.05) is 19.3 Å². The van der Waals surface area contributed by atoms with Crippen LogP contribution in [0.15, 0.2) is 12.3 Å². The number of carbonyl (C=O) groups excluding carboxylic acids is 1. The Bertz CT molecular complexity index is 373. The normalized spacial score (nSPS) is 24.9. The second-order valence-corrected chi connectivity index (χ2v) is 4.34. The fourth-order valence-electron chi connectivity index (χ4n) is 2.29. The molecule has 2 heterocycles. The second-order valence-electron chi connectivity index (χ2n) is 4.34. The SMILES string of the molecule is CCC1OCCC1C(=O)Cc1ccn(C)n1. The van der Waals surface area contributed by atoms with Crippen LogP contribution in [0.3, 0.4) is 0 Å². The predicted octanol–water partition coefficient (Wildman–Crippen LogP) is 1.35. The van der Waals surface area contributed by atoms with Crippen LogP contribution in [0.25, 0.3) is 0 Å². The van der Waals surface area contributed by atoms with Gasteiger partial charge in [-0.2, -0.15) is 5.10 Å². The Morgan fingerprint density at radius 3 is 3.12 bits per heavy atom. The summed E-state index contributed by atoms with van der Waals surface area (Å²) < 4.78 is 7.26. The Balaban J connectivity index is 1.97. The lowest BCUT2D eigenvalue weighted by Gasteiger charge is -2.14. The molecule has 88 valence electrons. The first-order valence-electron chi connectivity index (χ1n) is 5.83. The molecule has 1 aliphatic rings. The Labute approximate surface area is 95.6 Å². The standard InChI is InChI=1S/C12H18N2O2/c1-3-12-10(5-7-16-12)11(15)8-9-4-6-14(2)13-9/h4,6,10,12H,3,5,7-8H2,1-2H3. The van der Waals surface area contributed by atoms with Gasteiger partial charge in [0.25, 0.3) is 0 Å². The number of carbonyl (C=O) groups is 1. The number of nitrogens with zero attached hydrogens (tertiary/aromatic N) is 2. The molecule has 0 bridgehead atoms. The number of hydrogen-bond acceptors (Lipinski definition) is 3. The maximum Gasteiger partial charge on any atom is 0.144 e. The molecule has 2 unspecified atom stereocenters. The summed E-state index contributed by atoms with van der Waals surface area (Å²) in [4.78, 5) is 12.1. The lowest BCUT2D eigenvalue weighted by molar-refractivity contribution is -0.123. The van der Waals surface area contributed by atoms with E-state index in [2.05, 4.69) is 12.0 Å². The Kier molecular flexibility index (Phi) is 3.39. The minimum Gasteiger partial charge on any atom is -0.377 e. The zero-order valence-electron chi connectivity index (χ0n) is 9.85. The van der Waals surface area contributed by atoms with Crippen molar-refractivity contribution in [3.8, 4) is 0 Å². The van der Waals surface area contributed by atoms with Crippen molar-refractivity contribution in [1.29, 1.82) is 0 Å². The summed E-state index contributed by atoms with van der Waals surface area (Å²) in [5, 5.41) is 4.23. The van der Waals surface area contributed by atoms with E-state index in [1.165, 1.54) is 0 Å². The molecule has 0 saturated carbocycles. The van der Waals surface area contributed by atoms with Crippen LogP contribution in [-0.2, 0) is 23.0 Å². The number of rotatable bonds is 4. The van der Waals surface area contributed by atoms with E-state index in [9.17, 15) is 4.79 Å². The van der Waals surface area contributed by atoms with Gasteiger partial charge in [0.05, 0.1) is 18.2 Å². The highest BCUT2D eigenvalue weighted by molar-refractivity contribution is 5.83. The molecule has 1 fully saturated rings. The molecule has 1 aliphatic heterocycles. The fraction of sp³-hybridized carbons (Fsp3) is 0.667. The van der Waals surface area contributed by atoms with Crippen LogP contribution in [0.5, 0.6) is 0 Å². The van der Waals surface area contributed by atoms with Crippen molar-refractivity contribution in [2.75, 3.05) is 6.61 Å². The van der Waals surface area contributed by atoms with E-state index in [0.717, 1.165) is 25.1 Å². The highest BCUT2D eigenvalue weighted by Gasteiger charge is 2.32. The summed E-state index contributed by atoms with van der Waals surface area (Å²) in [6.45, 7) is 2.79. The third-order valence-corrected chi connectivity index (χ3v) is 3.15. The van der Waals surface area contributed by atoms with Gasteiger partial charge in [-0.25, -0.2) is 0 Å². The van der Waals surface area contributed by atoms with Crippen LogP contribution in [0.1, 0.15) is 25.5 Å². The first-order chi connectivity index (χ1) is 7.70. The molecule has 2 atom stereocenters. The van der Waals surface area contributed by atoms with E-state index in [0.29, 0.717) is 6.42 Å². The van der Waals surface area contributed by atoms with E-state index >= 15 is 0 Å². The molecule has 16 heavy (non-hydrogen) atoms. The van der Waals surface area contributed by atoms with Crippen molar-refractivity contribution in [3.63, 3.8) is 0 Å². The summed E-state index contributed by atoms with van der Waals surface area (Å²) in [7, 11) is 1.86.